The van der Waals surface area contributed by atoms with Crippen LogP contribution in [0.3, 0.4) is 0 Å². The number of hydrogen-bond acceptors (Lipinski definition) is 7. The van der Waals surface area contributed by atoms with E-state index in [1.165, 1.54) is 11.8 Å². The summed E-state index contributed by atoms with van der Waals surface area (Å²) in [7, 11) is 0. The molecule has 4 atom stereocenters. The predicted molar refractivity (Wildman–Crippen MR) is 87.1 cm³/mol. The fourth-order valence-electron chi connectivity index (χ4n) is 2.26. The highest BCUT2D eigenvalue weighted by Crippen LogP contribution is 2.29. The first-order chi connectivity index (χ1) is 11.0. The Labute approximate surface area is 138 Å². The van der Waals surface area contributed by atoms with Gasteiger partial charge in [-0.3, -0.25) is 9.97 Å². The Bertz CT molecular complexity index is 650. The average molecular weight is 334 g/mol. The van der Waals surface area contributed by atoms with E-state index in [1.807, 2.05) is 25.1 Å². The Kier molecular flexibility index (Phi) is 4.82. The van der Waals surface area contributed by atoms with Gasteiger partial charge in [-0.15, -0.1) is 11.8 Å². The van der Waals surface area contributed by atoms with Gasteiger partial charge in [0.15, 0.2) is 5.44 Å². The van der Waals surface area contributed by atoms with Crippen molar-refractivity contribution in [3.63, 3.8) is 0 Å². The summed E-state index contributed by atoms with van der Waals surface area (Å²) in [5.74, 6) is 0.803. The van der Waals surface area contributed by atoms with E-state index in [4.69, 9.17) is 4.74 Å². The minimum absolute atomic E-state index is 0.309. The van der Waals surface area contributed by atoms with E-state index in [2.05, 4.69) is 9.97 Å². The molecule has 3 N–H and O–H groups in total. The number of aliphatic hydroxyl groups excluding tert-OH is 3. The molecule has 3 heterocycles. The molecule has 2 aromatic rings. The minimum atomic E-state index is -1.20. The highest BCUT2D eigenvalue weighted by Gasteiger charge is 2.38. The van der Waals surface area contributed by atoms with Crippen molar-refractivity contribution in [3.8, 4) is 17.0 Å². The lowest BCUT2D eigenvalue weighted by Crippen LogP contribution is -2.50. The van der Waals surface area contributed by atoms with E-state index in [0.717, 1.165) is 17.0 Å². The van der Waals surface area contributed by atoms with Crippen LogP contribution in [0, 0.1) is 6.92 Å². The van der Waals surface area contributed by atoms with Crippen molar-refractivity contribution >= 4 is 11.8 Å². The van der Waals surface area contributed by atoms with Crippen molar-refractivity contribution in [3.05, 3.63) is 42.4 Å². The maximum atomic E-state index is 9.94. The highest BCUT2D eigenvalue weighted by atomic mass is 32.2. The van der Waals surface area contributed by atoms with Crippen molar-refractivity contribution in [2.45, 2.75) is 30.7 Å². The van der Waals surface area contributed by atoms with E-state index in [-0.39, 0.29) is 0 Å². The van der Waals surface area contributed by atoms with Crippen molar-refractivity contribution in [1.82, 2.24) is 9.97 Å². The summed E-state index contributed by atoms with van der Waals surface area (Å²) in [5, 5.41) is 29.1. The molecule has 7 heteroatoms. The lowest BCUT2D eigenvalue weighted by molar-refractivity contribution is -0.0786. The number of hydrogen-bond donors (Lipinski definition) is 3. The molecule has 0 bridgehead atoms. The smallest absolute Gasteiger partial charge is 0.173 e. The summed E-state index contributed by atoms with van der Waals surface area (Å²) in [6.45, 7) is 1.92. The van der Waals surface area contributed by atoms with Gasteiger partial charge in [-0.05, 0) is 31.2 Å². The quantitative estimate of drug-likeness (QED) is 0.770. The molecular weight excluding hydrogens is 316 g/mol. The maximum Gasteiger partial charge on any atom is 0.173 e. The van der Waals surface area contributed by atoms with Crippen LogP contribution in [0.5, 0.6) is 5.75 Å². The van der Waals surface area contributed by atoms with E-state index >= 15 is 0 Å². The number of ether oxygens (including phenoxy) is 1. The molecule has 122 valence electrons. The van der Waals surface area contributed by atoms with Crippen molar-refractivity contribution in [1.29, 1.82) is 0 Å². The summed E-state index contributed by atoms with van der Waals surface area (Å²) in [6, 6.07) is 7.44. The van der Waals surface area contributed by atoms with Gasteiger partial charge in [0.25, 0.3) is 0 Å². The molecule has 0 spiro atoms. The lowest BCUT2D eigenvalue weighted by atomic mass is 10.1. The molecule has 0 unspecified atom stereocenters. The Morgan fingerprint density at radius 2 is 1.87 bits per heavy atom. The number of aromatic nitrogens is 2. The fraction of sp³-hybridized carbons (Fsp3) is 0.375. The van der Waals surface area contributed by atoms with Crippen LogP contribution in [0.25, 0.3) is 11.3 Å². The van der Waals surface area contributed by atoms with Gasteiger partial charge >= 0.3 is 0 Å². The zero-order chi connectivity index (χ0) is 16.4. The predicted octanol–water partition coefficient (Wildman–Crippen LogP) is 0.986. The molecule has 1 aliphatic rings. The molecule has 3 rings (SSSR count). The molecule has 0 radical (unpaired) electrons. The maximum absolute atomic E-state index is 9.94. The summed E-state index contributed by atoms with van der Waals surface area (Å²) < 4.78 is 5.66. The molecule has 1 fully saturated rings. The zero-order valence-corrected chi connectivity index (χ0v) is 13.3. The molecule has 0 amide bonds. The third kappa shape index (κ3) is 3.64. The van der Waals surface area contributed by atoms with Gasteiger partial charge in [0, 0.05) is 23.2 Å². The molecule has 0 saturated carbocycles. The van der Waals surface area contributed by atoms with Gasteiger partial charge in [0.05, 0.1) is 18.0 Å². The van der Waals surface area contributed by atoms with Crippen LogP contribution in [0.15, 0.2) is 36.7 Å². The normalized spacial score (nSPS) is 27.7. The van der Waals surface area contributed by atoms with Gasteiger partial charge in [-0.2, -0.15) is 0 Å². The SMILES string of the molecule is Cc1ccc(-c2ccc(O[C@@H]3SC[C@@H](O)[C@H](O)[C@H]3O)cn2)cn1. The summed E-state index contributed by atoms with van der Waals surface area (Å²) in [5.41, 5.74) is 1.99. The number of pyridine rings is 2. The monoisotopic (exact) mass is 334 g/mol. The Balaban J connectivity index is 1.69. The first kappa shape index (κ1) is 16.2. The Hall–Kier alpha value is -1.67. The van der Waals surface area contributed by atoms with Gasteiger partial charge < -0.3 is 20.1 Å². The molecule has 1 aliphatic heterocycles. The van der Waals surface area contributed by atoms with Crippen molar-refractivity contribution in [2.75, 3.05) is 5.75 Å². The number of thioether (sulfide) groups is 1. The zero-order valence-electron chi connectivity index (χ0n) is 12.5. The van der Waals surface area contributed by atoms with Crippen molar-refractivity contribution < 1.29 is 20.1 Å². The molecule has 0 aliphatic carbocycles. The first-order valence-corrected chi connectivity index (χ1v) is 8.31. The van der Waals surface area contributed by atoms with Gasteiger partial charge in [0.1, 0.15) is 18.0 Å². The largest absolute Gasteiger partial charge is 0.475 e. The highest BCUT2D eigenvalue weighted by molar-refractivity contribution is 7.99. The number of rotatable bonds is 3. The van der Waals surface area contributed by atoms with Gasteiger partial charge in [0.2, 0.25) is 0 Å². The lowest BCUT2D eigenvalue weighted by Gasteiger charge is -2.34. The molecule has 2 aromatic heterocycles. The van der Waals surface area contributed by atoms with Crippen LogP contribution >= 0.6 is 11.8 Å². The Morgan fingerprint density at radius 1 is 1.04 bits per heavy atom. The number of aryl methyl sites for hydroxylation is 1. The van der Waals surface area contributed by atoms with Crippen molar-refractivity contribution in [2.24, 2.45) is 0 Å². The van der Waals surface area contributed by atoms with Crippen LogP contribution in [0.4, 0.5) is 0 Å². The second-order valence-electron chi connectivity index (χ2n) is 5.44. The van der Waals surface area contributed by atoms with E-state index in [9.17, 15) is 15.3 Å². The Morgan fingerprint density at radius 3 is 2.52 bits per heavy atom. The summed E-state index contributed by atoms with van der Waals surface area (Å²) in [6.07, 6.45) is 0.0394. The minimum Gasteiger partial charge on any atom is -0.475 e. The van der Waals surface area contributed by atoms with E-state index in [0.29, 0.717) is 11.5 Å². The third-order valence-electron chi connectivity index (χ3n) is 3.65. The van der Waals surface area contributed by atoms with Crippen LogP contribution < -0.4 is 4.74 Å². The van der Waals surface area contributed by atoms with Crippen LogP contribution in [0.2, 0.25) is 0 Å². The molecule has 1 saturated heterocycles. The topological polar surface area (TPSA) is 95.7 Å². The van der Waals surface area contributed by atoms with E-state index < -0.39 is 23.7 Å². The molecular formula is C16H18N2O4S. The third-order valence-corrected chi connectivity index (χ3v) is 4.89. The number of nitrogens with zero attached hydrogens (tertiary/aromatic N) is 2. The molecule has 0 aromatic carbocycles. The van der Waals surface area contributed by atoms with Crippen LogP contribution in [-0.4, -0.2) is 54.8 Å². The summed E-state index contributed by atoms with van der Waals surface area (Å²) in [4.78, 5) is 8.57. The van der Waals surface area contributed by atoms with E-state index in [1.54, 1.807) is 18.5 Å². The standard InChI is InChI=1S/C16H18N2O4S/c1-9-2-3-10(6-17-9)12-5-4-11(7-18-12)22-16-15(21)14(20)13(19)8-23-16/h2-7,13-16,19-21H,8H2,1H3/t13-,14+,15-,16-/m1/s1. The second kappa shape index (κ2) is 6.84. The first-order valence-electron chi connectivity index (χ1n) is 7.26. The number of aliphatic hydroxyl groups is 3. The second-order valence-corrected chi connectivity index (χ2v) is 6.57. The van der Waals surface area contributed by atoms with Crippen LogP contribution in [0.1, 0.15) is 5.69 Å². The molecule has 23 heavy (non-hydrogen) atoms. The fourth-order valence-corrected chi connectivity index (χ4v) is 3.38. The molecule has 6 nitrogen and oxygen atoms in total. The van der Waals surface area contributed by atoms with Crippen LogP contribution in [-0.2, 0) is 0 Å². The summed E-state index contributed by atoms with van der Waals surface area (Å²) >= 11 is 1.26. The van der Waals surface area contributed by atoms with Gasteiger partial charge in [-0.1, -0.05) is 0 Å². The average Bonchev–Trinajstić information content (AvgIpc) is 2.57. The van der Waals surface area contributed by atoms with Gasteiger partial charge in [-0.25, -0.2) is 0 Å².